The molecule has 0 saturated heterocycles. The SMILES string of the molecule is CC(=O)[O-].CC(=O)[O-].CC(=O)[O-].[Bi+3].[Bi+3].[OH-].[OH-].[OH-]. The van der Waals surface area contributed by atoms with Crippen LogP contribution < -0.4 is 15.3 Å². The predicted octanol–water partition coefficient (Wildman–Crippen LogP) is -5.02. The normalized spacial score (nSPS) is 4.41. The Balaban J connectivity index is -0.0000000104. The molecule has 0 aromatic carbocycles. The molecule has 0 aliphatic carbocycles. The Kier molecular flexibility index (Phi) is 140. The van der Waals surface area contributed by atoms with Crippen molar-refractivity contribution in [2.45, 2.75) is 20.8 Å². The number of rotatable bonds is 0. The van der Waals surface area contributed by atoms with Crippen LogP contribution in [-0.4, -0.2) is 86.7 Å². The van der Waals surface area contributed by atoms with E-state index in [1.54, 1.807) is 0 Å². The van der Waals surface area contributed by atoms with Crippen LogP contribution in [-0.2, 0) is 14.4 Å². The molecule has 9 nitrogen and oxygen atoms in total. The van der Waals surface area contributed by atoms with Gasteiger partial charge < -0.3 is 46.1 Å². The summed E-state index contributed by atoms with van der Waals surface area (Å²) < 4.78 is 0. The smallest absolute Gasteiger partial charge is 0.870 e. The summed E-state index contributed by atoms with van der Waals surface area (Å²) in [5.74, 6) is -3.25. The van der Waals surface area contributed by atoms with E-state index in [1.165, 1.54) is 0 Å². The average Bonchev–Trinajstić information content (AvgIpc) is 1.54. The summed E-state index contributed by atoms with van der Waals surface area (Å²) in [6.45, 7) is 2.92. The van der Waals surface area contributed by atoms with E-state index in [0.717, 1.165) is 20.8 Å². The minimum absolute atomic E-state index is 0. The summed E-state index contributed by atoms with van der Waals surface area (Å²) in [6.07, 6.45) is 0. The maximum absolute atomic E-state index is 8.89. The molecule has 0 spiro atoms. The Labute approximate surface area is 136 Å². The third-order valence-corrected chi connectivity index (χ3v) is 0. The van der Waals surface area contributed by atoms with E-state index >= 15 is 0 Å². The third-order valence-electron chi connectivity index (χ3n) is 0. The molecule has 0 aliphatic heterocycles. The monoisotopic (exact) mass is 646 g/mol. The van der Waals surface area contributed by atoms with Crippen molar-refractivity contribution in [3.63, 3.8) is 0 Å². The Morgan fingerprint density at radius 3 is 0.588 bits per heavy atom. The molecule has 11 heteroatoms. The van der Waals surface area contributed by atoms with Gasteiger partial charge in [0.15, 0.2) is 0 Å². The largest absolute Gasteiger partial charge is 3.00 e. The summed E-state index contributed by atoms with van der Waals surface area (Å²) in [4.78, 5) is 26.7. The fourth-order valence-corrected chi connectivity index (χ4v) is 0. The molecule has 0 saturated carbocycles. The predicted molar refractivity (Wildman–Crippen MR) is 49.4 cm³/mol. The van der Waals surface area contributed by atoms with Gasteiger partial charge in [0.25, 0.3) is 0 Å². The van der Waals surface area contributed by atoms with E-state index in [4.69, 9.17) is 29.7 Å². The molecule has 4 radical (unpaired) electrons. The van der Waals surface area contributed by atoms with Crippen LogP contribution in [0.4, 0.5) is 0 Å². The van der Waals surface area contributed by atoms with Gasteiger partial charge in [0, 0.05) is 17.9 Å². The number of carboxylic acid groups (broad SMARTS) is 3. The molecule has 0 rings (SSSR count). The number of carbonyl (C=O) groups excluding carboxylic acids is 3. The van der Waals surface area contributed by atoms with Gasteiger partial charge in [-0.15, -0.1) is 0 Å². The van der Waals surface area contributed by atoms with E-state index in [2.05, 4.69) is 0 Å². The van der Waals surface area contributed by atoms with Crippen LogP contribution in [0.5, 0.6) is 0 Å². The summed E-state index contributed by atoms with van der Waals surface area (Å²) in [5, 5.41) is 26.7. The van der Waals surface area contributed by atoms with Crippen LogP contribution in [0.3, 0.4) is 0 Å². The molecule has 0 aliphatic rings. The van der Waals surface area contributed by atoms with Crippen molar-refractivity contribution in [2.75, 3.05) is 0 Å². The van der Waals surface area contributed by atoms with Gasteiger partial charge in [0.05, 0.1) is 0 Å². The number of carbonyl (C=O) groups is 3. The van der Waals surface area contributed by atoms with E-state index in [0.29, 0.717) is 0 Å². The van der Waals surface area contributed by atoms with Crippen LogP contribution >= 0.6 is 0 Å². The van der Waals surface area contributed by atoms with Crippen molar-refractivity contribution in [3.8, 4) is 0 Å². The van der Waals surface area contributed by atoms with E-state index in [9.17, 15) is 0 Å². The molecule has 3 N–H and O–H groups in total. The van der Waals surface area contributed by atoms with Crippen molar-refractivity contribution < 1.29 is 46.1 Å². The van der Waals surface area contributed by atoms with Crippen molar-refractivity contribution >= 4 is 70.3 Å². The van der Waals surface area contributed by atoms with Crippen molar-refractivity contribution in [3.05, 3.63) is 0 Å². The van der Waals surface area contributed by atoms with Gasteiger partial charge in [-0.05, 0) is 20.8 Å². The van der Waals surface area contributed by atoms with Gasteiger partial charge in [-0.2, -0.15) is 0 Å². The Morgan fingerprint density at radius 1 is 0.588 bits per heavy atom. The molecule has 17 heavy (non-hydrogen) atoms. The molecule has 0 aromatic heterocycles. The molecular weight excluding hydrogens is 634 g/mol. The third kappa shape index (κ3) is 1000000. The number of aliphatic carboxylic acids is 3. The minimum Gasteiger partial charge on any atom is -0.870 e. The Morgan fingerprint density at radius 2 is 0.588 bits per heavy atom. The molecular formula is C6H12Bi2O9. The molecule has 0 heterocycles. The fraction of sp³-hybridized carbons (Fsp3) is 0.500. The molecule has 0 amide bonds. The Bertz CT molecular complexity index is 121. The van der Waals surface area contributed by atoms with Gasteiger partial charge in [-0.25, -0.2) is 0 Å². The van der Waals surface area contributed by atoms with Crippen LogP contribution in [0.15, 0.2) is 0 Å². The summed E-state index contributed by atoms with van der Waals surface area (Å²) >= 11 is 0. The quantitative estimate of drug-likeness (QED) is 0.230. The molecule has 100 valence electrons. The van der Waals surface area contributed by atoms with Crippen molar-refractivity contribution in [2.24, 2.45) is 0 Å². The average molecular weight is 646 g/mol. The van der Waals surface area contributed by atoms with Crippen LogP contribution in [0.2, 0.25) is 0 Å². The summed E-state index contributed by atoms with van der Waals surface area (Å²) in [5.41, 5.74) is 0. The van der Waals surface area contributed by atoms with Crippen molar-refractivity contribution in [1.29, 1.82) is 0 Å². The van der Waals surface area contributed by atoms with Crippen LogP contribution in [0.1, 0.15) is 20.8 Å². The second-order valence-corrected chi connectivity index (χ2v) is 1.47. The first-order valence-electron chi connectivity index (χ1n) is 2.72. The topological polar surface area (TPSA) is 210 Å². The maximum atomic E-state index is 8.89. The Hall–Kier alpha value is 0.0562. The molecule has 0 unspecified atom stereocenters. The minimum atomic E-state index is -1.08. The fourth-order valence-electron chi connectivity index (χ4n) is 0. The van der Waals surface area contributed by atoms with E-state index in [1.807, 2.05) is 0 Å². The molecule has 0 atom stereocenters. The van der Waals surface area contributed by atoms with Gasteiger partial charge in [0.2, 0.25) is 0 Å². The van der Waals surface area contributed by atoms with Gasteiger partial charge in [-0.1, -0.05) is 0 Å². The first-order valence-corrected chi connectivity index (χ1v) is 2.72. The van der Waals surface area contributed by atoms with E-state index in [-0.39, 0.29) is 68.8 Å². The van der Waals surface area contributed by atoms with E-state index < -0.39 is 17.9 Å². The molecule has 0 fully saturated rings. The number of hydrogen-bond acceptors (Lipinski definition) is 9. The van der Waals surface area contributed by atoms with Crippen LogP contribution in [0, 0.1) is 0 Å². The summed E-state index contributed by atoms with van der Waals surface area (Å²) in [7, 11) is 0. The molecule has 0 aromatic rings. The maximum Gasteiger partial charge on any atom is 3.00 e. The first-order chi connectivity index (χ1) is 5.20. The van der Waals surface area contributed by atoms with Gasteiger partial charge >= 0.3 is 52.4 Å². The zero-order chi connectivity index (χ0) is 10.7. The van der Waals surface area contributed by atoms with Gasteiger partial charge in [0.1, 0.15) is 0 Å². The van der Waals surface area contributed by atoms with Gasteiger partial charge in [-0.3, -0.25) is 0 Å². The molecule has 0 bridgehead atoms. The zero-order valence-corrected chi connectivity index (χ0v) is 16.1. The number of hydrogen-bond donors (Lipinski definition) is 0. The number of carboxylic acids is 3. The standard InChI is InChI=1S/3C2H4O2.2Bi.3H2O/c3*1-2(3)4;;;;;/h3*1H3,(H,3,4);;;3*1H2/q;;;2*+3;;;/p-6. The second kappa shape index (κ2) is 44.4. The zero-order valence-electron chi connectivity index (χ0n) is 9.19. The van der Waals surface area contributed by atoms with Crippen molar-refractivity contribution in [1.82, 2.24) is 0 Å². The van der Waals surface area contributed by atoms with Crippen LogP contribution in [0.25, 0.3) is 0 Å². The summed E-state index contributed by atoms with van der Waals surface area (Å²) in [6, 6.07) is 0. The first kappa shape index (κ1) is 53.6. The second-order valence-electron chi connectivity index (χ2n) is 1.47.